The maximum atomic E-state index is 12.6. The summed E-state index contributed by atoms with van der Waals surface area (Å²) in [6.45, 7) is 0.590. The molecular weight excluding hydrogens is 428 g/mol. The van der Waals surface area contributed by atoms with Crippen LogP contribution in [0.3, 0.4) is 0 Å². The minimum absolute atomic E-state index is 0.175. The van der Waals surface area contributed by atoms with Crippen molar-refractivity contribution in [3.05, 3.63) is 78.0 Å². The van der Waals surface area contributed by atoms with E-state index in [1.54, 1.807) is 23.2 Å². The van der Waals surface area contributed by atoms with E-state index in [0.717, 1.165) is 17.7 Å². The number of rotatable bonds is 7. The summed E-state index contributed by atoms with van der Waals surface area (Å²) in [4.78, 5) is 18.4. The summed E-state index contributed by atoms with van der Waals surface area (Å²) in [5, 5.41) is 21.5. The van der Waals surface area contributed by atoms with Crippen molar-refractivity contribution in [2.75, 3.05) is 11.9 Å². The van der Waals surface area contributed by atoms with Crippen LogP contribution in [0, 0.1) is 22.7 Å². The lowest BCUT2D eigenvalue weighted by Crippen LogP contribution is -2.46. The molecule has 1 fully saturated rings. The SMILES string of the molecule is N#Cc1cccnc1Nc1ccc(Oc2ccc(CC(N)C(=O)N3CCC[C@H]3C#N)cc2)cc1. The number of anilines is 2. The van der Waals surface area contributed by atoms with Crippen molar-refractivity contribution >= 4 is 17.4 Å². The molecule has 1 aromatic heterocycles. The van der Waals surface area contributed by atoms with E-state index in [-0.39, 0.29) is 11.9 Å². The standard InChI is InChI=1S/C26H24N6O2/c27-16-19-3-1-13-30-25(19)31-20-7-11-23(12-8-20)34-22-9-5-18(6-10-22)15-24(29)26(33)32-14-2-4-21(32)17-28/h1,3,5-13,21,24H,2,4,14-15,29H2,(H,30,31)/t21-,24?/m0/s1. The quantitative estimate of drug-likeness (QED) is 0.557. The average molecular weight is 453 g/mol. The summed E-state index contributed by atoms with van der Waals surface area (Å²) in [5.74, 6) is 1.64. The van der Waals surface area contributed by atoms with Gasteiger partial charge in [-0.3, -0.25) is 4.79 Å². The van der Waals surface area contributed by atoms with Crippen LogP contribution in [0.25, 0.3) is 0 Å². The summed E-state index contributed by atoms with van der Waals surface area (Å²) >= 11 is 0. The van der Waals surface area contributed by atoms with Gasteiger partial charge in [-0.15, -0.1) is 0 Å². The van der Waals surface area contributed by atoms with Crippen LogP contribution in [0.2, 0.25) is 0 Å². The van der Waals surface area contributed by atoms with Crippen molar-refractivity contribution < 1.29 is 9.53 Å². The predicted octanol–water partition coefficient (Wildman–Crippen LogP) is 3.87. The minimum Gasteiger partial charge on any atom is -0.457 e. The molecule has 34 heavy (non-hydrogen) atoms. The number of likely N-dealkylation sites (tertiary alicyclic amines) is 1. The Morgan fingerprint density at radius 1 is 1.15 bits per heavy atom. The molecule has 0 radical (unpaired) electrons. The van der Waals surface area contributed by atoms with E-state index in [1.807, 2.05) is 48.5 Å². The Labute approximate surface area is 198 Å². The second-order valence-corrected chi connectivity index (χ2v) is 8.04. The highest BCUT2D eigenvalue weighted by Gasteiger charge is 2.31. The van der Waals surface area contributed by atoms with Gasteiger partial charge in [-0.25, -0.2) is 4.98 Å². The lowest BCUT2D eigenvalue weighted by Gasteiger charge is -2.23. The number of hydrogen-bond donors (Lipinski definition) is 2. The molecule has 3 N–H and O–H groups in total. The van der Waals surface area contributed by atoms with E-state index < -0.39 is 6.04 Å². The zero-order valence-electron chi connectivity index (χ0n) is 18.5. The molecule has 8 nitrogen and oxygen atoms in total. The van der Waals surface area contributed by atoms with Gasteiger partial charge in [0.25, 0.3) is 0 Å². The van der Waals surface area contributed by atoms with E-state index in [4.69, 9.17) is 10.5 Å². The molecule has 1 aliphatic heterocycles. The summed E-state index contributed by atoms with van der Waals surface area (Å²) in [6, 6.07) is 21.4. The Balaban J connectivity index is 1.33. The molecule has 2 aromatic carbocycles. The maximum absolute atomic E-state index is 12.6. The lowest BCUT2D eigenvalue weighted by molar-refractivity contribution is -0.132. The topological polar surface area (TPSA) is 128 Å². The number of amides is 1. The van der Waals surface area contributed by atoms with Crippen molar-refractivity contribution in [1.29, 1.82) is 10.5 Å². The highest BCUT2D eigenvalue weighted by molar-refractivity contribution is 5.82. The van der Waals surface area contributed by atoms with Crippen LogP contribution in [0.15, 0.2) is 66.9 Å². The Morgan fingerprint density at radius 3 is 2.53 bits per heavy atom. The number of nitrogens with two attached hydrogens (primary N) is 1. The summed E-state index contributed by atoms with van der Waals surface area (Å²) in [5.41, 5.74) is 8.31. The van der Waals surface area contributed by atoms with Gasteiger partial charge in [0, 0.05) is 18.4 Å². The fraction of sp³-hybridized carbons (Fsp3) is 0.231. The minimum atomic E-state index is -0.679. The number of hydrogen-bond acceptors (Lipinski definition) is 7. The second kappa shape index (κ2) is 10.5. The largest absolute Gasteiger partial charge is 0.457 e. The fourth-order valence-corrected chi connectivity index (χ4v) is 3.89. The second-order valence-electron chi connectivity index (χ2n) is 8.04. The first-order valence-corrected chi connectivity index (χ1v) is 11.0. The first kappa shape index (κ1) is 22.8. The van der Waals surface area contributed by atoms with E-state index >= 15 is 0 Å². The van der Waals surface area contributed by atoms with Gasteiger partial charge in [0.15, 0.2) is 0 Å². The zero-order chi connectivity index (χ0) is 23.9. The Hall–Kier alpha value is -4.40. The highest BCUT2D eigenvalue weighted by Crippen LogP contribution is 2.25. The van der Waals surface area contributed by atoms with Gasteiger partial charge < -0.3 is 20.7 Å². The molecule has 1 aliphatic rings. The van der Waals surface area contributed by atoms with Gasteiger partial charge in [0.05, 0.1) is 17.7 Å². The third-order valence-electron chi connectivity index (χ3n) is 5.66. The molecule has 1 unspecified atom stereocenters. The molecule has 3 aromatic rings. The van der Waals surface area contributed by atoms with Gasteiger partial charge in [0.1, 0.15) is 29.4 Å². The first-order valence-electron chi connectivity index (χ1n) is 11.0. The van der Waals surface area contributed by atoms with Crippen molar-refractivity contribution in [2.45, 2.75) is 31.3 Å². The van der Waals surface area contributed by atoms with E-state index in [1.165, 1.54) is 0 Å². The number of nitrogens with one attached hydrogen (secondary N) is 1. The predicted molar refractivity (Wildman–Crippen MR) is 127 cm³/mol. The van der Waals surface area contributed by atoms with Crippen LogP contribution in [-0.4, -0.2) is 34.4 Å². The molecule has 8 heteroatoms. The zero-order valence-corrected chi connectivity index (χ0v) is 18.5. The normalized spacial score (nSPS) is 15.7. The molecule has 0 spiro atoms. The van der Waals surface area contributed by atoms with Crippen LogP contribution in [0.1, 0.15) is 24.0 Å². The summed E-state index contributed by atoms with van der Waals surface area (Å²) in [6.07, 6.45) is 3.57. The number of carbonyl (C=O) groups is 1. The lowest BCUT2D eigenvalue weighted by atomic mass is 10.0. The smallest absolute Gasteiger partial charge is 0.240 e. The molecule has 1 amide bonds. The molecule has 0 aliphatic carbocycles. The Bertz CT molecular complexity index is 1230. The van der Waals surface area contributed by atoms with E-state index in [0.29, 0.717) is 42.3 Å². The summed E-state index contributed by atoms with van der Waals surface area (Å²) < 4.78 is 5.91. The highest BCUT2D eigenvalue weighted by atomic mass is 16.5. The van der Waals surface area contributed by atoms with Gasteiger partial charge >= 0.3 is 0 Å². The van der Waals surface area contributed by atoms with Crippen LogP contribution < -0.4 is 15.8 Å². The van der Waals surface area contributed by atoms with Crippen molar-refractivity contribution in [3.8, 4) is 23.6 Å². The maximum Gasteiger partial charge on any atom is 0.240 e. The van der Waals surface area contributed by atoms with Crippen LogP contribution in [0.4, 0.5) is 11.5 Å². The first-order chi connectivity index (χ1) is 16.6. The molecular formula is C26H24N6O2. The van der Waals surface area contributed by atoms with Gasteiger partial charge in [-0.1, -0.05) is 12.1 Å². The number of nitrogens with zero attached hydrogens (tertiary/aromatic N) is 4. The molecule has 2 heterocycles. The van der Waals surface area contributed by atoms with Gasteiger partial charge in [0.2, 0.25) is 5.91 Å². The van der Waals surface area contributed by atoms with E-state index in [2.05, 4.69) is 22.4 Å². The molecule has 170 valence electrons. The van der Waals surface area contributed by atoms with Crippen molar-refractivity contribution in [1.82, 2.24) is 9.88 Å². The van der Waals surface area contributed by atoms with Gasteiger partial charge in [-0.05, 0) is 73.4 Å². The molecule has 0 bridgehead atoms. The number of carbonyl (C=O) groups excluding carboxylic acids is 1. The van der Waals surface area contributed by atoms with E-state index in [9.17, 15) is 15.3 Å². The van der Waals surface area contributed by atoms with Crippen LogP contribution in [-0.2, 0) is 11.2 Å². The Kier molecular flexibility index (Phi) is 7.02. The molecule has 1 saturated heterocycles. The Morgan fingerprint density at radius 2 is 1.85 bits per heavy atom. The number of benzene rings is 2. The molecule has 2 atom stereocenters. The van der Waals surface area contributed by atoms with Crippen molar-refractivity contribution in [2.24, 2.45) is 5.73 Å². The molecule has 4 rings (SSSR count). The van der Waals surface area contributed by atoms with Crippen molar-refractivity contribution in [3.63, 3.8) is 0 Å². The third-order valence-corrected chi connectivity index (χ3v) is 5.66. The molecule has 0 saturated carbocycles. The number of pyridine rings is 1. The number of nitriles is 2. The average Bonchev–Trinajstić information content (AvgIpc) is 3.35. The van der Waals surface area contributed by atoms with Crippen LogP contribution in [0.5, 0.6) is 11.5 Å². The van der Waals surface area contributed by atoms with Crippen LogP contribution >= 0.6 is 0 Å². The summed E-state index contributed by atoms with van der Waals surface area (Å²) in [7, 11) is 0. The monoisotopic (exact) mass is 452 g/mol. The fourth-order valence-electron chi connectivity index (χ4n) is 3.89. The van der Waals surface area contributed by atoms with Gasteiger partial charge in [-0.2, -0.15) is 10.5 Å². The number of aromatic nitrogens is 1. The number of ether oxygens (including phenoxy) is 1. The third kappa shape index (κ3) is 5.32.